The Morgan fingerprint density at radius 3 is 1.70 bits per heavy atom. The summed E-state index contributed by atoms with van der Waals surface area (Å²) in [7, 11) is 6.49. The first kappa shape index (κ1) is 16.7. The second-order valence-corrected chi connectivity index (χ2v) is 5.02. The van der Waals surface area contributed by atoms with Crippen molar-refractivity contribution in [2.45, 2.75) is 6.92 Å². The second kappa shape index (κ2) is 7.58. The molecule has 0 radical (unpaired) electrons. The van der Waals surface area contributed by atoms with Crippen LogP contribution in [-0.2, 0) is 0 Å². The van der Waals surface area contributed by atoms with E-state index in [0.29, 0.717) is 17.2 Å². The van der Waals surface area contributed by atoms with Crippen molar-refractivity contribution < 1.29 is 18.9 Å². The average Bonchev–Trinajstić information content (AvgIpc) is 2.58. The molecule has 0 spiro atoms. The molecule has 0 N–H and O–H groups in total. The fourth-order valence-electron chi connectivity index (χ4n) is 2.40. The summed E-state index contributed by atoms with van der Waals surface area (Å²) in [4.78, 5) is 0. The topological polar surface area (TPSA) is 36.9 Å². The van der Waals surface area contributed by atoms with Gasteiger partial charge in [0, 0.05) is 0 Å². The summed E-state index contributed by atoms with van der Waals surface area (Å²) in [6, 6.07) is 9.88. The Balaban J connectivity index is 2.34. The number of ether oxygens (including phenoxy) is 4. The van der Waals surface area contributed by atoms with E-state index in [1.54, 1.807) is 28.4 Å². The van der Waals surface area contributed by atoms with Crippen molar-refractivity contribution in [3.05, 3.63) is 47.0 Å². The van der Waals surface area contributed by atoms with Gasteiger partial charge in [0.05, 0.1) is 28.4 Å². The summed E-state index contributed by atoms with van der Waals surface area (Å²) in [5.41, 5.74) is 3.16. The summed E-state index contributed by atoms with van der Waals surface area (Å²) in [5, 5.41) is 0. The first-order valence-electron chi connectivity index (χ1n) is 7.25. The Kier molecular flexibility index (Phi) is 5.52. The van der Waals surface area contributed by atoms with E-state index in [0.717, 1.165) is 22.4 Å². The van der Waals surface area contributed by atoms with Gasteiger partial charge in [-0.1, -0.05) is 18.2 Å². The lowest BCUT2D eigenvalue weighted by Gasteiger charge is -2.12. The predicted octanol–water partition coefficient (Wildman–Crippen LogP) is 4.20. The molecule has 2 aromatic carbocycles. The number of aryl methyl sites for hydroxylation is 1. The zero-order chi connectivity index (χ0) is 16.8. The van der Waals surface area contributed by atoms with E-state index in [2.05, 4.69) is 6.07 Å². The fraction of sp³-hybridized carbons (Fsp3) is 0.263. The Morgan fingerprint density at radius 2 is 1.22 bits per heavy atom. The van der Waals surface area contributed by atoms with Gasteiger partial charge in [0.15, 0.2) is 11.5 Å². The lowest BCUT2D eigenvalue weighted by molar-refractivity contribution is 0.324. The molecule has 122 valence electrons. The molecule has 0 bridgehead atoms. The van der Waals surface area contributed by atoms with Crippen LogP contribution in [0.3, 0.4) is 0 Å². The first-order valence-corrected chi connectivity index (χ1v) is 7.25. The van der Waals surface area contributed by atoms with Crippen LogP contribution >= 0.6 is 0 Å². The highest BCUT2D eigenvalue weighted by Crippen LogP contribution is 2.38. The van der Waals surface area contributed by atoms with Gasteiger partial charge in [-0.3, -0.25) is 0 Å². The maximum atomic E-state index is 5.37. The fourth-order valence-corrected chi connectivity index (χ4v) is 2.40. The maximum Gasteiger partial charge on any atom is 0.203 e. The molecule has 0 aliphatic carbocycles. The van der Waals surface area contributed by atoms with Crippen LogP contribution in [0.2, 0.25) is 0 Å². The summed E-state index contributed by atoms with van der Waals surface area (Å²) in [6.45, 7) is 2.02. The lowest BCUT2D eigenvalue weighted by atomic mass is 10.1. The predicted molar refractivity (Wildman–Crippen MR) is 92.8 cm³/mol. The Hall–Kier alpha value is -2.62. The number of hydrogen-bond acceptors (Lipinski definition) is 4. The molecule has 0 heterocycles. The van der Waals surface area contributed by atoms with Gasteiger partial charge in [0.1, 0.15) is 5.75 Å². The maximum absolute atomic E-state index is 5.37. The van der Waals surface area contributed by atoms with E-state index in [-0.39, 0.29) is 0 Å². The van der Waals surface area contributed by atoms with Crippen molar-refractivity contribution in [3.63, 3.8) is 0 Å². The molecule has 23 heavy (non-hydrogen) atoms. The van der Waals surface area contributed by atoms with E-state index in [1.165, 1.54) is 0 Å². The number of rotatable bonds is 6. The van der Waals surface area contributed by atoms with Crippen LogP contribution in [0.5, 0.6) is 23.0 Å². The van der Waals surface area contributed by atoms with Crippen LogP contribution in [-0.4, -0.2) is 28.4 Å². The minimum Gasteiger partial charge on any atom is -0.496 e. The molecule has 0 saturated heterocycles. The molecular weight excluding hydrogens is 292 g/mol. The summed E-state index contributed by atoms with van der Waals surface area (Å²) >= 11 is 0. The highest BCUT2D eigenvalue weighted by molar-refractivity contribution is 5.73. The molecule has 0 saturated carbocycles. The SMILES string of the molecule is COc1ccc(/C=C\c2cc(OC)c(OC)c(OC)c2)cc1C. The van der Waals surface area contributed by atoms with E-state index in [9.17, 15) is 0 Å². The normalized spacial score (nSPS) is 10.7. The van der Waals surface area contributed by atoms with Crippen LogP contribution in [0.25, 0.3) is 12.2 Å². The van der Waals surface area contributed by atoms with Crippen LogP contribution in [0.1, 0.15) is 16.7 Å². The minimum absolute atomic E-state index is 0.590. The molecule has 4 nitrogen and oxygen atoms in total. The Morgan fingerprint density at radius 1 is 0.652 bits per heavy atom. The lowest BCUT2D eigenvalue weighted by Crippen LogP contribution is -1.95. The van der Waals surface area contributed by atoms with Crippen molar-refractivity contribution in [2.75, 3.05) is 28.4 Å². The first-order chi connectivity index (χ1) is 11.1. The van der Waals surface area contributed by atoms with Gasteiger partial charge in [-0.15, -0.1) is 0 Å². The van der Waals surface area contributed by atoms with Crippen molar-refractivity contribution in [1.82, 2.24) is 0 Å². The molecule has 2 rings (SSSR count). The average molecular weight is 314 g/mol. The molecule has 0 amide bonds. The monoisotopic (exact) mass is 314 g/mol. The number of hydrogen-bond donors (Lipinski definition) is 0. The van der Waals surface area contributed by atoms with Crippen LogP contribution in [0.4, 0.5) is 0 Å². The number of methoxy groups -OCH3 is 4. The number of benzene rings is 2. The third-order valence-corrected chi connectivity index (χ3v) is 3.57. The van der Waals surface area contributed by atoms with Crippen molar-refractivity contribution in [2.24, 2.45) is 0 Å². The summed E-state index contributed by atoms with van der Waals surface area (Å²) in [5.74, 6) is 2.75. The second-order valence-electron chi connectivity index (χ2n) is 5.02. The highest BCUT2D eigenvalue weighted by Gasteiger charge is 2.11. The molecule has 0 aromatic heterocycles. The molecule has 0 aliphatic heterocycles. The molecule has 0 aliphatic rings. The van der Waals surface area contributed by atoms with Gasteiger partial charge in [-0.2, -0.15) is 0 Å². The highest BCUT2D eigenvalue weighted by atomic mass is 16.5. The van der Waals surface area contributed by atoms with Crippen LogP contribution in [0, 0.1) is 6.92 Å². The molecule has 0 atom stereocenters. The molecule has 4 heteroatoms. The minimum atomic E-state index is 0.590. The zero-order valence-electron chi connectivity index (χ0n) is 14.2. The van der Waals surface area contributed by atoms with Crippen molar-refractivity contribution in [3.8, 4) is 23.0 Å². The molecular formula is C19H22O4. The molecule has 0 unspecified atom stereocenters. The standard InChI is InChI=1S/C19H22O4/c1-13-10-14(8-9-16(13)20-2)6-7-15-11-17(21-3)19(23-5)18(12-15)22-4/h6-12H,1-5H3/b7-6-. The van der Waals surface area contributed by atoms with E-state index < -0.39 is 0 Å². The summed E-state index contributed by atoms with van der Waals surface area (Å²) < 4.78 is 21.3. The van der Waals surface area contributed by atoms with Gasteiger partial charge in [0.2, 0.25) is 5.75 Å². The van der Waals surface area contributed by atoms with Crippen molar-refractivity contribution in [1.29, 1.82) is 0 Å². The van der Waals surface area contributed by atoms with Gasteiger partial charge < -0.3 is 18.9 Å². The van der Waals surface area contributed by atoms with E-state index in [1.807, 2.05) is 43.3 Å². The van der Waals surface area contributed by atoms with Crippen LogP contribution < -0.4 is 18.9 Å². The van der Waals surface area contributed by atoms with Gasteiger partial charge in [-0.05, 0) is 47.9 Å². The largest absolute Gasteiger partial charge is 0.496 e. The smallest absolute Gasteiger partial charge is 0.203 e. The van der Waals surface area contributed by atoms with E-state index >= 15 is 0 Å². The molecule has 0 fully saturated rings. The quantitative estimate of drug-likeness (QED) is 0.749. The van der Waals surface area contributed by atoms with Crippen LogP contribution in [0.15, 0.2) is 30.3 Å². The van der Waals surface area contributed by atoms with Gasteiger partial charge in [0.25, 0.3) is 0 Å². The third kappa shape index (κ3) is 3.77. The van der Waals surface area contributed by atoms with Gasteiger partial charge in [-0.25, -0.2) is 0 Å². The van der Waals surface area contributed by atoms with E-state index in [4.69, 9.17) is 18.9 Å². The molecule has 2 aromatic rings. The summed E-state index contributed by atoms with van der Waals surface area (Å²) in [6.07, 6.45) is 4.04. The Labute approximate surface area is 137 Å². The van der Waals surface area contributed by atoms with Crippen molar-refractivity contribution >= 4 is 12.2 Å². The van der Waals surface area contributed by atoms with Gasteiger partial charge >= 0.3 is 0 Å². The third-order valence-electron chi connectivity index (χ3n) is 3.57. The zero-order valence-corrected chi connectivity index (χ0v) is 14.2. The Bertz CT molecular complexity index is 680.